The first-order valence-corrected chi connectivity index (χ1v) is 5.87. The molecule has 2 heterocycles. The Bertz CT molecular complexity index is 501. The van der Waals surface area contributed by atoms with Gasteiger partial charge in [-0.05, 0) is 6.92 Å². The van der Waals surface area contributed by atoms with Crippen LogP contribution in [0.4, 0.5) is 5.82 Å². The van der Waals surface area contributed by atoms with Gasteiger partial charge in [0.2, 0.25) is 11.8 Å². The normalized spacial score (nSPS) is 19.5. The number of nitrogens with zero attached hydrogens (tertiary/aromatic N) is 3. The van der Waals surface area contributed by atoms with Gasteiger partial charge in [0.15, 0.2) is 5.82 Å². The van der Waals surface area contributed by atoms with Gasteiger partial charge in [0.05, 0.1) is 6.54 Å². The molecule has 0 bridgehead atoms. The van der Waals surface area contributed by atoms with Crippen LogP contribution in [0.2, 0.25) is 0 Å². The molecule has 1 saturated heterocycles. The number of likely N-dealkylation sites (tertiary alicyclic amines) is 1. The van der Waals surface area contributed by atoms with Crippen LogP contribution in [0.1, 0.15) is 24.9 Å². The molecule has 2 amide bonds. The summed E-state index contributed by atoms with van der Waals surface area (Å²) in [6.07, 6.45) is 0.281. The third-order valence-corrected chi connectivity index (χ3v) is 2.93. The Kier molecular flexibility index (Phi) is 3.27. The van der Waals surface area contributed by atoms with Crippen LogP contribution >= 0.6 is 0 Å². The minimum absolute atomic E-state index is 0.142. The quantitative estimate of drug-likeness (QED) is 0.798. The van der Waals surface area contributed by atoms with Gasteiger partial charge >= 0.3 is 0 Å². The van der Waals surface area contributed by atoms with E-state index in [1.165, 1.54) is 4.90 Å². The molecule has 1 aliphatic heterocycles. The SMILES string of the molecule is CNc1cc(C)nc(CN2C(=O)CC(C)C2=O)n1. The van der Waals surface area contributed by atoms with Gasteiger partial charge in [0.25, 0.3) is 0 Å². The minimum atomic E-state index is -0.230. The van der Waals surface area contributed by atoms with Gasteiger partial charge in [0.1, 0.15) is 5.82 Å². The Morgan fingerprint density at radius 2 is 2.17 bits per heavy atom. The fraction of sp³-hybridized carbons (Fsp3) is 0.500. The third kappa shape index (κ3) is 2.32. The molecule has 6 heteroatoms. The van der Waals surface area contributed by atoms with Crippen molar-refractivity contribution in [3.8, 4) is 0 Å². The number of imide groups is 1. The van der Waals surface area contributed by atoms with Gasteiger partial charge in [-0.25, -0.2) is 9.97 Å². The van der Waals surface area contributed by atoms with Crippen molar-refractivity contribution in [2.45, 2.75) is 26.8 Å². The molecular weight excluding hydrogens is 232 g/mol. The van der Waals surface area contributed by atoms with E-state index in [0.717, 1.165) is 5.69 Å². The standard InChI is InChI=1S/C12H16N4O2/c1-7-4-11(17)16(12(7)18)6-10-14-8(2)5-9(13-3)15-10/h5,7H,4,6H2,1-3H3,(H,13,14,15). The van der Waals surface area contributed by atoms with Crippen molar-refractivity contribution in [2.24, 2.45) is 5.92 Å². The lowest BCUT2D eigenvalue weighted by Gasteiger charge is -2.14. The summed E-state index contributed by atoms with van der Waals surface area (Å²) < 4.78 is 0. The Hall–Kier alpha value is -1.98. The van der Waals surface area contributed by atoms with Crippen molar-refractivity contribution in [3.05, 3.63) is 17.6 Å². The van der Waals surface area contributed by atoms with Gasteiger partial charge in [0, 0.05) is 31.1 Å². The zero-order valence-corrected chi connectivity index (χ0v) is 10.7. The molecule has 1 aliphatic rings. The number of hydrogen-bond donors (Lipinski definition) is 1. The Labute approximate surface area is 105 Å². The van der Waals surface area contributed by atoms with E-state index in [4.69, 9.17) is 0 Å². The van der Waals surface area contributed by atoms with Crippen LogP contribution in [0, 0.1) is 12.8 Å². The minimum Gasteiger partial charge on any atom is -0.373 e. The second-order valence-corrected chi connectivity index (χ2v) is 4.48. The largest absolute Gasteiger partial charge is 0.373 e. The summed E-state index contributed by atoms with van der Waals surface area (Å²) in [4.78, 5) is 33.2. The molecule has 0 radical (unpaired) electrons. The molecule has 0 saturated carbocycles. The summed E-state index contributed by atoms with van der Waals surface area (Å²) in [7, 11) is 1.76. The number of nitrogens with one attached hydrogen (secondary N) is 1. The van der Waals surface area contributed by atoms with Crippen molar-refractivity contribution < 1.29 is 9.59 Å². The zero-order chi connectivity index (χ0) is 13.3. The molecule has 1 N–H and O–H groups in total. The third-order valence-electron chi connectivity index (χ3n) is 2.93. The van der Waals surface area contributed by atoms with Crippen LogP contribution in [0.5, 0.6) is 0 Å². The van der Waals surface area contributed by atoms with E-state index in [2.05, 4.69) is 15.3 Å². The molecule has 0 aromatic carbocycles. The highest BCUT2D eigenvalue weighted by atomic mass is 16.2. The molecule has 0 aliphatic carbocycles. The maximum Gasteiger partial charge on any atom is 0.232 e. The van der Waals surface area contributed by atoms with E-state index >= 15 is 0 Å². The fourth-order valence-corrected chi connectivity index (χ4v) is 1.98. The molecule has 1 atom stereocenters. The van der Waals surface area contributed by atoms with E-state index in [1.54, 1.807) is 20.0 Å². The number of rotatable bonds is 3. The van der Waals surface area contributed by atoms with E-state index < -0.39 is 0 Å². The molecule has 18 heavy (non-hydrogen) atoms. The van der Waals surface area contributed by atoms with Crippen LogP contribution in [0.3, 0.4) is 0 Å². The van der Waals surface area contributed by atoms with Crippen LogP contribution < -0.4 is 5.32 Å². The lowest BCUT2D eigenvalue weighted by atomic mass is 10.1. The van der Waals surface area contributed by atoms with Crippen LogP contribution in [-0.2, 0) is 16.1 Å². The van der Waals surface area contributed by atoms with Crippen molar-refractivity contribution in [1.29, 1.82) is 0 Å². The second-order valence-electron chi connectivity index (χ2n) is 4.48. The first kappa shape index (κ1) is 12.5. The van der Waals surface area contributed by atoms with E-state index in [1.807, 2.05) is 6.92 Å². The maximum absolute atomic E-state index is 11.8. The Balaban J connectivity index is 2.21. The summed E-state index contributed by atoms with van der Waals surface area (Å²) in [6.45, 7) is 3.76. The summed E-state index contributed by atoms with van der Waals surface area (Å²) in [6, 6.07) is 1.81. The van der Waals surface area contributed by atoms with Gasteiger partial charge in [-0.15, -0.1) is 0 Å². The van der Waals surface area contributed by atoms with E-state index in [0.29, 0.717) is 11.6 Å². The predicted molar refractivity (Wildman–Crippen MR) is 65.7 cm³/mol. The molecule has 2 rings (SSSR count). The number of aromatic nitrogens is 2. The Morgan fingerprint density at radius 3 is 2.72 bits per heavy atom. The lowest BCUT2D eigenvalue weighted by molar-refractivity contribution is -0.140. The smallest absolute Gasteiger partial charge is 0.232 e. The topological polar surface area (TPSA) is 75.2 Å². The molecule has 96 valence electrons. The monoisotopic (exact) mass is 248 g/mol. The van der Waals surface area contributed by atoms with Crippen LogP contribution in [0.15, 0.2) is 6.07 Å². The summed E-state index contributed by atoms with van der Waals surface area (Å²) in [5.41, 5.74) is 0.802. The van der Waals surface area contributed by atoms with Gasteiger partial charge in [-0.2, -0.15) is 0 Å². The van der Waals surface area contributed by atoms with E-state index in [9.17, 15) is 9.59 Å². The number of carbonyl (C=O) groups is 2. The van der Waals surface area contributed by atoms with Crippen LogP contribution in [0.25, 0.3) is 0 Å². The molecule has 6 nitrogen and oxygen atoms in total. The van der Waals surface area contributed by atoms with Crippen molar-refractivity contribution >= 4 is 17.6 Å². The number of anilines is 1. The number of aryl methyl sites for hydroxylation is 1. The molecule has 1 aromatic heterocycles. The fourth-order valence-electron chi connectivity index (χ4n) is 1.98. The zero-order valence-electron chi connectivity index (χ0n) is 10.7. The summed E-state index contributed by atoms with van der Waals surface area (Å²) in [5, 5.41) is 2.92. The highest BCUT2D eigenvalue weighted by molar-refractivity contribution is 6.03. The summed E-state index contributed by atoms with van der Waals surface area (Å²) in [5.74, 6) is 0.644. The highest BCUT2D eigenvalue weighted by Gasteiger charge is 2.35. The molecule has 1 unspecified atom stereocenters. The number of hydrogen-bond acceptors (Lipinski definition) is 5. The molecular formula is C12H16N4O2. The molecule has 1 fully saturated rings. The highest BCUT2D eigenvalue weighted by Crippen LogP contribution is 2.20. The Morgan fingerprint density at radius 1 is 1.44 bits per heavy atom. The maximum atomic E-state index is 11.8. The van der Waals surface area contributed by atoms with Crippen LogP contribution in [-0.4, -0.2) is 33.7 Å². The molecule has 1 aromatic rings. The average Bonchev–Trinajstić information content (AvgIpc) is 2.55. The average molecular weight is 248 g/mol. The van der Waals surface area contributed by atoms with Gasteiger partial charge in [-0.1, -0.05) is 6.92 Å². The van der Waals surface area contributed by atoms with Crippen molar-refractivity contribution in [3.63, 3.8) is 0 Å². The number of amides is 2. The predicted octanol–water partition coefficient (Wildman–Crippen LogP) is 0.722. The first-order chi connectivity index (χ1) is 8.51. The first-order valence-electron chi connectivity index (χ1n) is 5.87. The summed E-state index contributed by atoms with van der Waals surface area (Å²) >= 11 is 0. The molecule has 0 spiro atoms. The number of carbonyl (C=O) groups excluding carboxylic acids is 2. The second kappa shape index (κ2) is 4.72. The van der Waals surface area contributed by atoms with E-state index in [-0.39, 0.29) is 30.7 Å². The van der Waals surface area contributed by atoms with Crippen molar-refractivity contribution in [1.82, 2.24) is 14.9 Å². The van der Waals surface area contributed by atoms with Crippen molar-refractivity contribution in [2.75, 3.05) is 12.4 Å². The van der Waals surface area contributed by atoms with Gasteiger partial charge in [-0.3, -0.25) is 14.5 Å². The van der Waals surface area contributed by atoms with Gasteiger partial charge < -0.3 is 5.32 Å². The lowest BCUT2D eigenvalue weighted by Crippen LogP contribution is -2.30.